The Labute approximate surface area is 82.9 Å². The van der Waals surface area contributed by atoms with Gasteiger partial charge in [-0.3, -0.25) is 0 Å². The smallest absolute Gasteiger partial charge is 0.165 e. The van der Waals surface area contributed by atoms with E-state index in [2.05, 4.69) is 0 Å². The standard InChI is InChI=1S/C11H12FNO/c1-8(2)14-11-4-3-9(5-6-13)7-10(11)12/h3-4,7-8H,5H2,1-2H3. The second-order valence-corrected chi connectivity index (χ2v) is 3.27. The molecule has 0 aliphatic carbocycles. The Hall–Kier alpha value is -1.56. The predicted molar refractivity (Wildman–Crippen MR) is 51.5 cm³/mol. The van der Waals surface area contributed by atoms with Gasteiger partial charge >= 0.3 is 0 Å². The first-order valence-corrected chi connectivity index (χ1v) is 4.45. The second kappa shape index (κ2) is 4.61. The van der Waals surface area contributed by atoms with Crippen LogP contribution in [0.1, 0.15) is 19.4 Å². The minimum atomic E-state index is -0.411. The van der Waals surface area contributed by atoms with Crippen LogP contribution in [-0.4, -0.2) is 6.10 Å². The molecule has 1 rings (SSSR count). The molecule has 0 unspecified atom stereocenters. The summed E-state index contributed by atoms with van der Waals surface area (Å²) >= 11 is 0. The summed E-state index contributed by atoms with van der Waals surface area (Å²) in [6.07, 6.45) is 0.171. The highest BCUT2D eigenvalue weighted by Gasteiger charge is 2.05. The van der Waals surface area contributed by atoms with Crippen LogP contribution < -0.4 is 4.74 Å². The largest absolute Gasteiger partial charge is 0.488 e. The Kier molecular flexibility index (Phi) is 3.47. The van der Waals surface area contributed by atoms with Crippen LogP contribution in [0.4, 0.5) is 4.39 Å². The van der Waals surface area contributed by atoms with Gasteiger partial charge in [0.25, 0.3) is 0 Å². The topological polar surface area (TPSA) is 33.0 Å². The van der Waals surface area contributed by atoms with Gasteiger partial charge in [-0.05, 0) is 31.5 Å². The average molecular weight is 193 g/mol. The number of hydrogen-bond donors (Lipinski definition) is 0. The zero-order valence-corrected chi connectivity index (χ0v) is 8.25. The van der Waals surface area contributed by atoms with Crippen LogP contribution in [0.5, 0.6) is 5.75 Å². The van der Waals surface area contributed by atoms with E-state index in [1.807, 2.05) is 19.9 Å². The molecule has 1 aromatic carbocycles. The summed E-state index contributed by atoms with van der Waals surface area (Å²) in [5, 5.41) is 8.42. The van der Waals surface area contributed by atoms with E-state index in [1.165, 1.54) is 6.07 Å². The van der Waals surface area contributed by atoms with Gasteiger partial charge in [0.1, 0.15) is 0 Å². The van der Waals surface area contributed by atoms with Gasteiger partial charge in [-0.15, -0.1) is 0 Å². The van der Waals surface area contributed by atoms with Gasteiger partial charge in [-0.25, -0.2) is 4.39 Å². The molecule has 0 aliphatic heterocycles. The first kappa shape index (κ1) is 10.5. The minimum absolute atomic E-state index is 0.0497. The summed E-state index contributed by atoms with van der Waals surface area (Å²) in [4.78, 5) is 0. The number of benzene rings is 1. The maximum atomic E-state index is 13.3. The summed E-state index contributed by atoms with van der Waals surface area (Å²) in [5.74, 6) is -0.173. The molecular weight excluding hydrogens is 181 g/mol. The van der Waals surface area contributed by atoms with Crippen molar-refractivity contribution in [1.82, 2.24) is 0 Å². The SMILES string of the molecule is CC(C)Oc1ccc(CC#N)cc1F. The van der Waals surface area contributed by atoms with E-state index in [0.717, 1.165) is 0 Å². The molecule has 74 valence electrons. The normalized spacial score (nSPS) is 9.93. The molecule has 0 saturated heterocycles. The van der Waals surface area contributed by atoms with E-state index >= 15 is 0 Å². The lowest BCUT2D eigenvalue weighted by Gasteiger charge is -2.10. The van der Waals surface area contributed by atoms with E-state index in [4.69, 9.17) is 10.00 Å². The zero-order valence-electron chi connectivity index (χ0n) is 8.25. The van der Waals surface area contributed by atoms with Crippen LogP contribution in [0.15, 0.2) is 18.2 Å². The van der Waals surface area contributed by atoms with Crippen molar-refractivity contribution < 1.29 is 9.13 Å². The lowest BCUT2D eigenvalue weighted by atomic mass is 10.1. The van der Waals surface area contributed by atoms with Gasteiger partial charge in [0.2, 0.25) is 0 Å². The zero-order chi connectivity index (χ0) is 10.6. The summed E-state index contributed by atoms with van der Waals surface area (Å²) in [5.41, 5.74) is 0.668. The molecule has 0 spiro atoms. The van der Waals surface area contributed by atoms with Gasteiger partial charge in [0.05, 0.1) is 18.6 Å². The second-order valence-electron chi connectivity index (χ2n) is 3.27. The molecule has 0 N–H and O–H groups in total. The van der Waals surface area contributed by atoms with Crippen molar-refractivity contribution in [3.63, 3.8) is 0 Å². The molecule has 3 heteroatoms. The van der Waals surface area contributed by atoms with Crippen LogP contribution >= 0.6 is 0 Å². The number of hydrogen-bond acceptors (Lipinski definition) is 2. The van der Waals surface area contributed by atoms with E-state index in [0.29, 0.717) is 5.56 Å². The highest BCUT2D eigenvalue weighted by atomic mass is 19.1. The summed E-state index contributed by atoms with van der Waals surface area (Å²) in [6.45, 7) is 3.67. The Balaban J connectivity index is 2.85. The van der Waals surface area contributed by atoms with Gasteiger partial charge in [-0.2, -0.15) is 5.26 Å². The Morgan fingerprint density at radius 1 is 1.50 bits per heavy atom. The third kappa shape index (κ3) is 2.74. The molecule has 1 aromatic rings. The number of rotatable bonds is 3. The van der Waals surface area contributed by atoms with Crippen molar-refractivity contribution >= 4 is 0 Å². The molecule has 0 fully saturated rings. The first-order valence-electron chi connectivity index (χ1n) is 4.45. The Morgan fingerprint density at radius 3 is 2.71 bits per heavy atom. The van der Waals surface area contributed by atoms with E-state index in [-0.39, 0.29) is 18.3 Å². The van der Waals surface area contributed by atoms with Crippen LogP contribution in [-0.2, 0) is 6.42 Å². The van der Waals surface area contributed by atoms with Gasteiger partial charge < -0.3 is 4.74 Å². The molecule has 2 nitrogen and oxygen atoms in total. The number of nitrogens with zero attached hydrogens (tertiary/aromatic N) is 1. The lowest BCUT2D eigenvalue weighted by molar-refractivity contribution is 0.231. The summed E-state index contributed by atoms with van der Waals surface area (Å²) in [7, 11) is 0. The van der Waals surface area contributed by atoms with E-state index in [1.54, 1.807) is 12.1 Å². The Bertz CT molecular complexity index is 355. The highest BCUT2D eigenvalue weighted by Crippen LogP contribution is 2.19. The minimum Gasteiger partial charge on any atom is -0.488 e. The van der Waals surface area contributed by atoms with Crippen molar-refractivity contribution in [2.24, 2.45) is 0 Å². The molecule has 0 saturated carbocycles. The molecule has 0 aliphatic rings. The fraction of sp³-hybridized carbons (Fsp3) is 0.364. The Morgan fingerprint density at radius 2 is 2.21 bits per heavy atom. The average Bonchev–Trinajstić information content (AvgIpc) is 2.10. The predicted octanol–water partition coefficient (Wildman–Crippen LogP) is 2.68. The van der Waals surface area contributed by atoms with Crippen molar-refractivity contribution in [2.45, 2.75) is 26.4 Å². The van der Waals surface area contributed by atoms with Crippen LogP contribution in [0.2, 0.25) is 0 Å². The summed E-state index contributed by atoms with van der Waals surface area (Å²) < 4.78 is 18.5. The number of ether oxygens (including phenoxy) is 1. The number of nitriles is 1. The summed E-state index contributed by atoms with van der Waals surface area (Å²) in [6, 6.07) is 6.55. The maximum absolute atomic E-state index is 13.3. The molecule has 0 atom stereocenters. The third-order valence-electron chi connectivity index (χ3n) is 1.64. The van der Waals surface area contributed by atoms with E-state index in [9.17, 15) is 4.39 Å². The maximum Gasteiger partial charge on any atom is 0.165 e. The molecule has 0 bridgehead atoms. The lowest BCUT2D eigenvalue weighted by Crippen LogP contribution is -2.07. The van der Waals surface area contributed by atoms with Gasteiger partial charge in [0, 0.05) is 0 Å². The third-order valence-corrected chi connectivity index (χ3v) is 1.64. The van der Waals surface area contributed by atoms with E-state index < -0.39 is 5.82 Å². The first-order chi connectivity index (χ1) is 6.63. The van der Waals surface area contributed by atoms with Crippen molar-refractivity contribution in [3.8, 4) is 11.8 Å². The van der Waals surface area contributed by atoms with Crippen LogP contribution in [0, 0.1) is 17.1 Å². The van der Waals surface area contributed by atoms with Gasteiger partial charge in [-0.1, -0.05) is 6.07 Å². The molecule has 0 amide bonds. The van der Waals surface area contributed by atoms with Crippen LogP contribution in [0.25, 0.3) is 0 Å². The monoisotopic (exact) mass is 193 g/mol. The molecular formula is C11H12FNO. The fourth-order valence-corrected chi connectivity index (χ4v) is 1.10. The van der Waals surface area contributed by atoms with Crippen molar-refractivity contribution in [2.75, 3.05) is 0 Å². The molecule has 14 heavy (non-hydrogen) atoms. The quantitative estimate of drug-likeness (QED) is 0.739. The molecule has 0 radical (unpaired) electrons. The highest BCUT2D eigenvalue weighted by molar-refractivity contribution is 5.30. The van der Waals surface area contributed by atoms with Crippen molar-refractivity contribution in [3.05, 3.63) is 29.6 Å². The fourth-order valence-electron chi connectivity index (χ4n) is 1.10. The van der Waals surface area contributed by atoms with Gasteiger partial charge in [0.15, 0.2) is 11.6 Å². The molecule has 0 heterocycles. The number of halogens is 1. The molecule has 0 aromatic heterocycles. The van der Waals surface area contributed by atoms with Crippen LogP contribution in [0.3, 0.4) is 0 Å². The van der Waals surface area contributed by atoms with Crippen molar-refractivity contribution in [1.29, 1.82) is 5.26 Å².